The highest BCUT2D eigenvalue weighted by atomic mass is 16.8. The molecule has 1 unspecified atom stereocenters. The van der Waals surface area contributed by atoms with E-state index in [0.717, 1.165) is 34.6 Å². The van der Waals surface area contributed by atoms with Gasteiger partial charge in [0.1, 0.15) is 244 Å². The summed E-state index contributed by atoms with van der Waals surface area (Å²) in [6.07, 6.45) is -98.7. The Labute approximate surface area is 713 Å². The SMILES string of the molecule is CC(=O)N[C@H]1[C@H](O[C@H]2[C@H](O)[C@H](O[C@@H]3O[C@H](CO)[C@@H](O)[C@H](O)[C@H]3NC(C)=O)[C@@H](O[C@@H]3[C@@H](O)[C@H](O[C@H]4[C@H](O)[C@@H](NC(C)=O)[C@H](O[C@H]5[C@H](O)[C@@H](NC(C)=O)C(O)O[C@@H]5CO)O[C@@H]4CO)O[C@H](CO[C@H]4O[C@H](CO)[C@@H](O)[C@H](O[C@H]5O[C@H](CO)[C@@H](O)[C@H](O)[C@@H]5O)[C@@H]4O)[C@H]3O[C@@H]3O[C@H](CO)[C@@H](O)[C@H](O)[C@H]3NC(C)=O)O[C@@H]2CO)O[C@H](CO)[C@@H](O[C@@H]2O[C@H](CO)[C@H](O)[C@H](O)[C@H]2O)[C@@H]1O. The van der Waals surface area contributed by atoms with Gasteiger partial charge in [-0.05, 0) is 0 Å². The standard InChI is InChI=1S/C70H117N5O51/c1-16(85)71-31-43(97)53(26(11-81)109-61(31)107)119-64-34(74-19(4)88)45(99)55(28(13-83)115-64)122-69-52(106)59(57(123-62-32(72-17(2)86)41(95)36(90)21(6-76)110-62)30(118-69)15-108-66-51(105)58(40(94)25(10-80)112-66)124-68-49(103)47(101)39(93)24(9-79)114-68)125-70-60(126-63-33(73-18(3)87)42(96)37(91)22(7-77)111-63)50(104)56(29(14-84)117-70)120-65-35(75-20(5)89)44(98)54(27(12-82)116-65)121-67-48(102)46(100)38(92)23(8-78)113-67/h21-70,76-84,90-107H,6-15H2,1-5H3,(H,71,85)(H,72,86)(H,73,87)(H,74,88)(H,75,89)/t21-,22-,23-,24-,25-,26-,27-,28-,29-,30-,31-,32-,33-,34-,35-,36-,37-,38+,39-,40-,41-,42-,43-,44-,45-,46+,47+,48-,49+,50+,51+,52-,53-,54-,55-,56-,57-,58+,59-,60+,61?,62+,63+,64+,65+,66+,67+,68-,69+,70-/m1/s1. The van der Waals surface area contributed by atoms with Crippen LogP contribution in [0.4, 0.5) is 0 Å². The molecule has 0 radical (unpaired) electrons. The van der Waals surface area contributed by atoms with Crippen LogP contribution < -0.4 is 26.6 Å². The number of amides is 5. The smallest absolute Gasteiger partial charge is 0.217 e. The van der Waals surface area contributed by atoms with Crippen molar-refractivity contribution in [2.75, 3.05) is 66.1 Å². The average molecular weight is 1840 g/mol. The van der Waals surface area contributed by atoms with Crippen LogP contribution in [0, 0.1) is 0 Å². The van der Waals surface area contributed by atoms with E-state index in [0.29, 0.717) is 0 Å². The van der Waals surface area contributed by atoms with Crippen molar-refractivity contribution in [1.29, 1.82) is 0 Å². The van der Waals surface area contributed by atoms with Crippen LogP contribution >= 0.6 is 0 Å². The van der Waals surface area contributed by atoms with E-state index in [-0.39, 0.29) is 0 Å². The Morgan fingerprint density at radius 3 is 0.833 bits per heavy atom. The molecule has 0 aromatic rings. The summed E-state index contributed by atoms with van der Waals surface area (Å²) in [5.74, 6) is -4.84. The Morgan fingerprint density at radius 1 is 0.206 bits per heavy atom. The van der Waals surface area contributed by atoms with E-state index in [9.17, 15) is 162 Å². The van der Waals surface area contributed by atoms with Crippen molar-refractivity contribution in [2.24, 2.45) is 0 Å². The topological polar surface area (TPSA) is 867 Å². The lowest BCUT2D eigenvalue weighted by Crippen LogP contribution is -2.72. The fraction of sp³-hybridized carbons (Fsp3) is 0.929. The molecular weight excluding hydrogens is 1730 g/mol. The summed E-state index contributed by atoms with van der Waals surface area (Å²) in [6, 6.07) is -9.83. The maximum absolute atomic E-state index is 13.5. The lowest BCUT2D eigenvalue weighted by atomic mass is 9.93. The van der Waals surface area contributed by atoms with Crippen molar-refractivity contribution in [3.8, 4) is 0 Å². The Bertz CT molecular complexity index is 3440. The quantitative estimate of drug-likeness (QED) is 0.0290. The number of hydrogen-bond acceptors (Lipinski definition) is 51. The average Bonchev–Trinajstić information content (AvgIpc) is 0.756. The van der Waals surface area contributed by atoms with Crippen LogP contribution in [-0.2, 0) is 114 Å². The maximum Gasteiger partial charge on any atom is 0.217 e. The molecule has 10 saturated heterocycles. The van der Waals surface area contributed by atoms with Crippen molar-refractivity contribution in [3.63, 3.8) is 0 Å². The number of nitrogens with one attached hydrogen (secondary N) is 5. The van der Waals surface area contributed by atoms with E-state index in [1.165, 1.54) is 0 Å². The first-order valence-corrected chi connectivity index (χ1v) is 40.1. The van der Waals surface area contributed by atoms with Gasteiger partial charge >= 0.3 is 0 Å². The summed E-state index contributed by atoms with van der Waals surface area (Å²) in [4.78, 5) is 65.0. The first kappa shape index (κ1) is 104. The van der Waals surface area contributed by atoms with Gasteiger partial charge < -0.3 is 254 Å². The molecule has 10 heterocycles. The second-order valence-electron chi connectivity index (χ2n) is 31.7. The predicted octanol–water partition coefficient (Wildman–Crippen LogP) is -22.1. The van der Waals surface area contributed by atoms with Crippen LogP contribution in [0.5, 0.6) is 0 Å². The summed E-state index contributed by atoms with van der Waals surface area (Å²) in [6.45, 7) is -7.24. The molecule has 5 amide bonds. The molecule has 10 fully saturated rings. The minimum Gasteiger partial charge on any atom is -0.394 e. The molecule has 0 aromatic carbocycles. The molecule has 0 spiro atoms. The lowest BCUT2D eigenvalue weighted by molar-refractivity contribution is -0.412. The molecule has 10 aliphatic heterocycles. The molecule has 126 heavy (non-hydrogen) atoms. The number of ether oxygens (including phenoxy) is 19. The van der Waals surface area contributed by atoms with Gasteiger partial charge in [-0.2, -0.15) is 0 Å². The van der Waals surface area contributed by atoms with Crippen LogP contribution in [0.25, 0.3) is 0 Å². The van der Waals surface area contributed by atoms with Crippen LogP contribution in [-0.4, -0.2) is 540 Å². The van der Waals surface area contributed by atoms with Gasteiger partial charge in [-0.1, -0.05) is 0 Å². The van der Waals surface area contributed by atoms with Crippen molar-refractivity contribution >= 4 is 29.5 Å². The first-order valence-electron chi connectivity index (χ1n) is 40.1. The number of hydrogen-bond donors (Lipinski definition) is 32. The first-order chi connectivity index (χ1) is 59.6. The fourth-order valence-electron chi connectivity index (χ4n) is 16.4. The largest absolute Gasteiger partial charge is 0.394 e. The van der Waals surface area contributed by atoms with Crippen molar-refractivity contribution in [1.82, 2.24) is 26.6 Å². The summed E-state index contributed by atoms with van der Waals surface area (Å²) in [5, 5.41) is 316. The van der Waals surface area contributed by atoms with E-state index in [1.807, 2.05) is 0 Å². The van der Waals surface area contributed by atoms with Crippen LogP contribution in [0.1, 0.15) is 34.6 Å². The van der Waals surface area contributed by atoms with E-state index >= 15 is 0 Å². The molecule has 10 rings (SSSR count). The monoisotopic (exact) mass is 1840 g/mol. The second kappa shape index (κ2) is 45.5. The van der Waals surface area contributed by atoms with Gasteiger partial charge in [0.2, 0.25) is 29.5 Å². The van der Waals surface area contributed by atoms with E-state index in [2.05, 4.69) is 26.6 Å². The van der Waals surface area contributed by atoms with Crippen molar-refractivity contribution in [3.05, 3.63) is 0 Å². The number of carbonyl (C=O) groups is 5. The summed E-state index contributed by atoms with van der Waals surface area (Å²) < 4.78 is 116. The Hall–Kier alpha value is -4.49. The second-order valence-corrected chi connectivity index (χ2v) is 31.7. The number of aliphatic hydroxyl groups excluding tert-OH is 27. The van der Waals surface area contributed by atoms with Crippen LogP contribution in [0.2, 0.25) is 0 Å². The zero-order valence-electron chi connectivity index (χ0n) is 67.8. The molecule has 50 atom stereocenters. The van der Waals surface area contributed by atoms with Gasteiger partial charge in [0.15, 0.2) is 62.9 Å². The molecule has 56 heteroatoms. The summed E-state index contributed by atoms with van der Waals surface area (Å²) >= 11 is 0. The zero-order chi connectivity index (χ0) is 92.8. The molecule has 32 N–H and O–H groups in total. The summed E-state index contributed by atoms with van der Waals surface area (Å²) in [7, 11) is 0. The molecule has 0 aromatic heterocycles. The fourth-order valence-corrected chi connectivity index (χ4v) is 16.4. The molecule has 728 valence electrons. The molecule has 0 saturated carbocycles. The highest BCUT2D eigenvalue weighted by Gasteiger charge is 2.63. The van der Waals surface area contributed by atoms with E-state index < -0.39 is 402 Å². The lowest BCUT2D eigenvalue weighted by Gasteiger charge is -2.53. The van der Waals surface area contributed by atoms with Gasteiger partial charge in [0.05, 0.1) is 66.1 Å². The number of aliphatic hydroxyl groups is 27. The maximum atomic E-state index is 13.5. The van der Waals surface area contributed by atoms with Crippen LogP contribution in [0.15, 0.2) is 0 Å². The molecule has 0 bridgehead atoms. The third kappa shape index (κ3) is 22.9. The minimum absolute atomic E-state index is 0.825. The van der Waals surface area contributed by atoms with Gasteiger partial charge in [0, 0.05) is 34.6 Å². The van der Waals surface area contributed by atoms with Gasteiger partial charge in [-0.25, -0.2) is 0 Å². The number of carbonyl (C=O) groups excluding carboxylic acids is 5. The number of rotatable bonds is 33. The Morgan fingerprint density at radius 2 is 0.452 bits per heavy atom. The summed E-state index contributed by atoms with van der Waals surface area (Å²) in [5.41, 5.74) is 0. The third-order valence-corrected chi connectivity index (χ3v) is 22.9. The molecule has 10 aliphatic rings. The molecule has 56 nitrogen and oxygen atoms in total. The molecule has 0 aliphatic carbocycles. The highest BCUT2D eigenvalue weighted by Crippen LogP contribution is 2.42. The van der Waals surface area contributed by atoms with Crippen molar-refractivity contribution in [2.45, 2.75) is 341 Å². The molecular formula is C70H117N5O51. The van der Waals surface area contributed by atoms with Gasteiger partial charge in [-0.3, -0.25) is 24.0 Å². The minimum atomic E-state index is -2.81. The third-order valence-electron chi connectivity index (χ3n) is 22.9. The van der Waals surface area contributed by atoms with Gasteiger partial charge in [-0.15, -0.1) is 0 Å². The Balaban J connectivity index is 1.11. The van der Waals surface area contributed by atoms with Crippen LogP contribution in [0.3, 0.4) is 0 Å². The normalized spacial score (nSPS) is 48.4. The Kier molecular flexibility index (Phi) is 37.4. The predicted molar refractivity (Wildman–Crippen MR) is 388 cm³/mol. The van der Waals surface area contributed by atoms with E-state index in [1.54, 1.807) is 0 Å². The highest BCUT2D eigenvalue weighted by molar-refractivity contribution is 5.75. The van der Waals surface area contributed by atoms with Gasteiger partial charge in [0.25, 0.3) is 0 Å². The van der Waals surface area contributed by atoms with Crippen molar-refractivity contribution < 1.29 is 252 Å². The zero-order valence-corrected chi connectivity index (χ0v) is 67.8. The van der Waals surface area contributed by atoms with E-state index in [4.69, 9.17) is 90.0 Å².